The third-order valence-corrected chi connectivity index (χ3v) is 8.09. The fourth-order valence-electron chi connectivity index (χ4n) is 5.71. The summed E-state index contributed by atoms with van der Waals surface area (Å²) in [7, 11) is 0. The summed E-state index contributed by atoms with van der Waals surface area (Å²) in [5, 5.41) is 22.7. The Morgan fingerprint density at radius 3 is 2.76 bits per heavy atom. The van der Waals surface area contributed by atoms with Crippen LogP contribution in [-0.4, -0.2) is 53.9 Å². The van der Waals surface area contributed by atoms with Crippen LogP contribution in [0.5, 0.6) is 0 Å². The highest BCUT2D eigenvalue weighted by Crippen LogP contribution is 2.39. The van der Waals surface area contributed by atoms with Gasteiger partial charge in [0, 0.05) is 37.3 Å². The first-order chi connectivity index (χ1) is 19.9. The second kappa shape index (κ2) is 11.6. The first kappa shape index (κ1) is 27.3. The Labute approximate surface area is 242 Å². The normalized spacial score (nSPS) is 22.0. The van der Waals surface area contributed by atoms with Crippen LogP contribution in [0, 0.1) is 5.82 Å². The highest BCUT2D eigenvalue weighted by molar-refractivity contribution is 6.33. The maximum atomic E-state index is 13.9. The summed E-state index contributed by atoms with van der Waals surface area (Å²) in [6.45, 7) is 1.49. The zero-order valence-corrected chi connectivity index (χ0v) is 23.0. The average Bonchev–Trinajstić information content (AvgIpc) is 3.46. The second-order valence-electron chi connectivity index (χ2n) is 10.5. The average molecular weight is 580 g/mol. The number of carbonyl (C=O) groups excluding carboxylic acids is 2. The number of ether oxygens (including phenoxy) is 1. The molecule has 6 rings (SSSR count). The molecule has 0 aromatic heterocycles. The first-order valence-corrected chi connectivity index (χ1v) is 14.1. The third-order valence-electron chi connectivity index (χ3n) is 7.79. The van der Waals surface area contributed by atoms with E-state index in [2.05, 4.69) is 16.0 Å². The molecule has 4 N–H and O–H groups in total. The number of halogens is 2. The molecule has 11 heteroatoms. The van der Waals surface area contributed by atoms with Crippen LogP contribution in [0.25, 0.3) is 0 Å². The van der Waals surface area contributed by atoms with E-state index in [1.807, 2.05) is 36.4 Å². The number of aliphatic hydroxyl groups is 1. The number of anilines is 2. The molecule has 3 aromatic rings. The number of hydrogen-bond acceptors (Lipinski definition) is 6. The van der Waals surface area contributed by atoms with Gasteiger partial charge in [-0.15, -0.1) is 0 Å². The maximum Gasteiger partial charge on any atom is 0.315 e. The van der Waals surface area contributed by atoms with Crippen LogP contribution in [0.15, 0.2) is 66.7 Å². The molecule has 2 bridgehead atoms. The number of amides is 3. The van der Waals surface area contributed by atoms with Gasteiger partial charge < -0.3 is 25.8 Å². The van der Waals surface area contributed by atoms with E-state index < -0.39 is 24.0 Å². The molecule has 214 valence electrons. The van der Waals surface area contributed by atoms with Gasteiger partial charge in [0.15, 0.2) is 0 Å². The van der Waals surface area contributed by atoms with E-state index >= 15 is 0 Å². The van der Waals surface area contributed by atoms with Crippen LogP contribution < -0.4 is 21.0 Å². The summed E-state index contributed by atoms with van der Waals surface area (Å²) in [6, 6.07) is 17.5. The van der Waals surface area contributed by atoms with Gasteiger partial charge >= 0.3 is 6.03 Å². The van der Waals surface area contributed by atoms with Gasteiger partial charge in [0.05, 0.1) is 35.6 Å². The van der Waals surface area contributed by atoms with Crippen molar-refractivity contribution in [3.05, 3.63) is 94.3 Å². The van der Waals surface area contributed by atoms with Crippen molar-refractivity contribution >= 4 is 34.9 Å². The summed E-state index contributed by atoms with van der Waals surface area (Å²) < 4.78 is 19.5. The van der Waals surface area contributed by atoms with Crippen molar-refractivity contribution in [2.45, 2.75) is 43.7 Å². The summed E-state index contributed by atoms with van der Waals surface area (Å²) in [4.78, 5) is 27.0. The smallest absolute Gasteiger partial charge is 0.315 e. The molecule has 0 radical (unpaired) electrons. The highest BCUT2D eigenvalue weighted by atomic mass is 35.5. The zero-order chi connectivity index (χ0) is 28.5. The van der Waals surface area contributed by atoms with Crippen LogP contribution in [0.2, 0.25) is 5.02 Å². The van der Waals surface area contributed by atoms with Crippen LogP contribution >= 0.6 is 11.6 Å². The summed E-state index contributed by atoms with van der Waals surface area (Å²) in [6.07, 6.45) is 0.741. The van der Waals surface area contributed by atoms with Crippen LogP contribution in [0.4, 0.5) is 20.6 Å². The van der Waals surface area contributed by atoms with E-state index in [0.717, 1.165) is 16.8 Å². The van der Waals surface area contributed by atoms with Crippen molar-refractivity contribution in [2.75, 3.05) is 30.0 Å². The highest BCUT2D eigenvalue weighted by Gasteiger charge is 2.37. The second-order valence-corrected chi connectivity index (χ2v) is 10.9. The topological polar surface area (TPSA) is 106 Å². The molecule has 0 spiro atoms. The monoisotopic (exact) mass is 579 g/mol. The number of nitrogens with zero attached hydrogens (tertiary/aromatic N) is 2. The molecule has 3 amide bonds. The summed E-state index contributed by atoms with van der Waals surface area (Å²) >= 11 is 6.32. The molecule has 41 heavy (non-hydrogen) atoms. The van der Waals surface area contributed by atoms with Crippen LogP contribution in [0.1, 0.15) is 41.7 Å². The van der Waals surface area contributed by atoms with Gasteiger partial charge in [-0.3, -0.25) is 14.8 Å². The predicted octanol–water partition coefficient (Wildman–Crippen LogP) is 4.29. The number of urea groups is 1. The quantitative estimate of drug-likeness (QED) is 0.347. The number of benzene rings is 3. The Morgan fingerprint density at radius 2 is 1.95 bits per heavy atom. The molecule has 2 saturated heterocycles. The molecule has 4 atom stereocenters. The Kier molecular flexibility index (Phi) is 7.70. The van der Waals surface area contributed by atoms with Crippen molar-refractivity contribution in [1.82, 2.24) is 15.6 Å². The Balaban J connectivity index is 1.16. The van der Waals surface area contributed by atoms with E-state index in [1.165, 1.54) is 12.1 Å². The molecular formula is C30H31ClFN5O4. The van der Waals surface area contributed by atoms with Crippen molar-refractivity contribution in [3.63, 3.8) is 0 Å². The van der Waals surface area contributed by atoms with Gasteiger partial charge in [-0.25, -0.2) is 9.18 Å². The van der Waals surface area contributed by atoms with Crippen molar-refractivity contribution in [3.8, 4) is 0 Å². The Morgan fingerprint density at radius 1 is 1.12 bits per heavy atom. The molecule has 3 heterocycles. The minimum absolute atomic E-state index is 0.0333. The fraction of sp³-hybridized carbons (Fsp3) is 0.333. The zero-order valence-electron chi connectivity index (χ0n) is 22.2. The van der Waals surface area contributed by atoms with E-state index in [9.17, 15) is 19.1 Å². The molecule has 0 aliphatic carbocycles. The Hall–Kier alpha value is -3.86. The van der Waals surface area contributed by atoms with Crippen molar-refractivity contribution < 1.29 is 23.8 Å². The van der Waals surface area contributed by atoms with Gasteiger partial charge in [0.25, 0.3) is 5.91 Å². The number of fused-ring (bicyclic) bond motifs is 4. The number of carbonyl (C=O) groups is 2. The molecule has 3 aromatic carbocycles. The van der Waals surface area contributed by atoms with Crippen molar-refractivity contribution in [2.24, 2.45) is 0 Å². The number of aliphatic hydroxyl groups excluding tert-OH is 1. The lowest BCUT2D eigenvalue weighted by atomic mass is 9.89. The molecule has 3 aliphatic rings. The lowest BCUT2D eigenvalue weighted by Crippen LogP contribution is -2.49. The van der Waals surface area contributed by atoms with Gasteiger partial charge in [0.1, 0.15) is 11.9 Å². The number of hydrogen-bond donors (Lipinski definition) is 4. The van der Waals surface area contributed by atoms with Gasteiger partial charge in [-0.2, -0.15) is 0 Å². The minimum Gasteiger partial charge on any atom is -0.389 e. The standard InChI is InChI=1S/C30H31ClFN5O4/c31-22-14-20(32)8-10-25(22)36-11-4-12-37(36)29(39)28(19-5-2-1-3-6-19)35-30(40)33-16-18-7-9-23-21(13-18)27-15-24(34-23)26(38)17-41-27/h1-3,5-10,13-14,24,26-28,34,38H,4,11-12,15-17H2,(H2,33,35,40)/t24-,26-,27-,28+/m1/s1. The van der Waals surface area contributed by atoms with Crippen LogP contribution in [-0.2, 0) is 16.1 Å². The predicted molar refractivity (Wildman–Crippen MR) is 153 cm³/mol. The third kappa shape index (κ3) is 5.68. The first-order valence-electron chi connectivity index (χ1n) is 13.7. The number of nitrogens with one attached hydrogen (secondary N) is 3. The molecule has 9 nitrogen and oxygen atoms in total. The summed E-state index contributed by atoms with van der Waals surface area (Å²) in [5.74, 6) is -0.781. The largest absolute Gasteiger partial charge is 0.389 e. The SMILES string of the molecule is O=C(NCc1ccc2c(c1)[C@H]1C[C@@H](N2)[C@H](O)CO1)N[C@H](C(=O)N1CCCN1c1ccc(F)cc1Cl)c1ccccc1. The molecule has 2 fully saturated rings. The van der Waals surface area contributed by atoms with Crippen LogP contribution in [0.3, 0.4) is 0 Å². The van der Waals surface area contributed by atoms with Crippen molar-refractivity contribution in [1.29, 1.82) is 0 Å². The molecule has 0 unspecified atom stereocenters. The fourth-order valence-corrected chi connectivity index (χ4v) is 5.97. The Bertz CT molecular complexity index is 1440. The lowest BCUT2D eigenvalue weighted by Gasteiger charge is -2.40. The van der Waals surface area contributed by atoms with E-state index in [4.69, 9.17) is 16.3 Å². The van der Waals surface area contributed by atoms with E-state index in [-0.39, 0.29) is 36.2 Å². The molecular weight excluding hydrogens is 549 g/mol. The molecule has 3 aliphatic heterocycles. The van der Waals surface area contributed by atoms with Gasteiger partial charge in [-0.05, 0) is 47.9 Å². The minimum atomic E-state index is -0.956. The number of rotatable bonds is 6. The molecule has 0 saturated carbocycles. The summed E-state index contributed by atoms with van der Waals surface area (Å²) in [5.41, 5.74) is 3.96. The van der Waals surface area contributed by atoms with E-state index in [1.54, 1.807) is 28.2 Å². The lowest BCUT2D eigenvalue weighted by molar-refractivity contribution is -0.132. The van der Waals surface area contributed by atoms with Gasteiger partial charge in [-0.1, -0.05) is 48.0 Å². The maximum absolute atomic E-state index is 13.9. The van der Waals surface area contributed by atoms with Gasteiger partial charge in [0.2, 0.25) is 0 Å². The van der Waals surface area contributed by atoms with E-state index in [0.29, 0.717) is 37.2 Å². The number of hydrazine groups is 1.